The van der Waals surface area contributed by atoms with Gasteiger partial charge in [-0.15, -0.1) is 11.3 Å². The molecule has 92 valence electrons. The number of nitrogens with zero attached hydrogens (tertiary/aromatic N) is 2. The summed E-state index contributed by atoms with van der Waals surface area (Å²) < 4.78 is 6.93. The van der Waals surface area contributed by atoms with Gasteiger partial charge in [0.15, 0.2) is 0 Å². The molecule has 0 bridgehead atoms. The van der Waals surface area contributed by atoms with Crippen LogP contribution in [-0.2, 0) is 7.05 Å². The minimum atomic E-state index is 0.354. The molecule has 0 fully saturated rings. The highest BCUT2D eigenvalue weighted by Crippen LogP contribution is 2.37. The minimum Gasteiger partial charge on any atom is -0.496 e. The lowest BCUT2D eigenvalue weighted by molar-refractivity contribution is 0.417. The molecule has 0 atom stereocenters. The predicted molar refractivity (Wildman–Crippen MR) is 71.6 cm³/mol. The Labute approximate surface area is 105 Å². The van der Waals surface area contributed by atoms with Gasteiger partial charge in [-0.2, -0.15) is 5.10 Å². The monoisotopic (exact) mass is 251 g/mol. The Hall–Kier alpha value is -1.49. The van der Waals surface area contributed by atoms with Crippen LogP contribution in [0.4, 0.5) is 5.82 Å². The Morgan fingerprint density at radius 2 is 2.18 bits per heavy atom. The molecule has 2 aromatic heterocycles. The van der Waals surface area contributed by atoms with Gasteiger partial charge >= 0.3 is 0 Å². The molecular weight excluding hydrogens is 234 g/mol. The highest BCUT2D eigenvalue weighted by molar-refractivity contribution is 7.13. The van der Waals surface area contributed by atoms with E-state index in [-0.39, 0.29) is 0 Å². The molecule has 0 aromatic carbocycles. The fourth-order valence-electron chi connectivity index (χ4n) is 1.85. The molecule has 2 rings (SSSR count). The zero-order valence-corrected chi connectivity index (χ0v) is 11.3. The molecule has 0 aliphatic rings. The van der Waals surface area contributed by atoms with E-state index in [9.17, 15) is 0 Å². The van der Waals surface area contributed by atoms with Crippen LogP contribution in [0.5, 0.6) is 5.75 Å². The molecule has 2 N–H and O–H groups in total. The van der Waals surface area contributed by atoms with E-state index < -0.39 is 0 Å². The number of nitrogen functional groups attached to an aromatic ring is 1. The molecular formula is C12H17N3OS. The van der Waals surface area contributed by atoms with Crippen molar-refractivity contribution in [1.29, 1.82) is 0 Å². The van der Waals surface area contributed by atoms with Crippen molar-refractivity contribution in [2.75, 3.05) is 12.8 Å². The third-order valence-corrected chi connectivity index (χ3v) is 3.67. The molecule has 0 aliphatic heterocycles. The van der Waals surface area contributed by atoms with E-state index in [2.05, 4.69) is 18.9 Å². The Morgan fingerprint density at radius 3 is 2.71 bits per heavy atom. The lowest BCUT2D eigenvalue weighted by atomic mass is 10.0. The quantitative estimate of drug-likeness (QED) is 0.912. The number of hydrogen-bond acceptors (Lipinski definition) is 4. The van der Waals surface area contributed by atoms with Crippen LogP contribution < -0.4 is 10.5 Å². The number of aryl methyl sites for hydroxylation is 1. The summed E-state index contributed by atoms with van der Waals surface area (Å²) in [5.41, 5.74) is 8.13. The van der Waals surface area contributed by atoms with Gasteiger partial charge in [0.2, 0.25) is 0 Å². The van der Waals surface area contributed by atoms with Crippen molar-refractivity contribution in [2.24, 2.45) is 7.05 Å². The second kappa shape index (κ2) is 4.41. The largest absolute Gasteiger partial charge is 0.496 e. The molecule has 0 spiro atoms. The van der Waals surface area contributed by atoms with Crippen LogP contribution in [0.2, 0.25) is 0 Å². The van der Waals surface area contributed by atoms with Crippen molar-refractivity contribution in [3.8, 4) is 16.3 Å². The summed E-state index contributed by atoms with van der Waals surface area (Å²) in [6, 6.07) is 2.00. The van der Waals surface area contributed by atoms with Gasteiger partial charge in [0.05, 0.1) is 12.0 Å². The van der Waals surface area contributed by atoms with Crippen LogP contribution in [0.1, 0.15) is 25.3 Å². The van der Waals surface area contributed by atoms with Crippen LogP contribution in [0.3, 0.4) is 0 Å². The van der Waals surface area contributed by atoms with E-state index in [1.807, 2.05) is 18.5 Å². The smallest absolute Gasteiger partial charge is 0.130 e. The maximum atomic E-state index is 6.05. The number of hydrogen-bond donors (Lipinski definition) is 1. The van der Waals surface area contributed by atoms with Gasteiger partial charge in [-0.3, -0.25) is 4.68 Å². The van der Waals surface area contributed by atoms with E-state index in [4.69, 9.17) is 10.5 Å². The van der Waals surface area contributed by atoms with Crippen LogP contribution >= 0.6 is 11.3 Å². The predicted octanol–water partition coefficient (Wildman–Crippen LogP) is 2.86. The van der Waals surface area contributed by atoms with Gasteiger partial charge < -0.3 is 10.5 Å². The van der Waals surface area contributed by atoms with Crippen molar-refractivity contribution in [3.05, 3.63) is 17.0 Å². The van der Waals surface area contributed by atoms with Crippen molar-refractivity contribution in [1.82, 2.24) is 9.78 Å². The summed E-state index contributed by atoms with van der Waals surface area (Å²) in [6.45, 7) is 4.25. The van der Waals surface area contributed by atoms with Gasteiger partial charge in [-0.05, 0) is 5.92 Å². The maximum Gasteiger partial charge on any atom is 0.130 e. The minimum absolute atomic E-state index is 0.354. The fraction of sp³-hybridized carbons (Fsp3) is 0.417. The Bertz CT molecular complexity index is 528. The lowest BCUT2D eigenvalue weighted by Gasteiger charge is -2.05. The van der Waals surface area contributed by atoms with E-state index >= 15 is 0 Å². The molecule has 0 unspecified atom stereocenters. The van der Waals surface area contributed by atoms with E-state index in [0.29, 0.717) is 5.92 Å². The molecule has 17 heavy (non-hydrogen) atoms. The maximum absolute atomic E-state index is 6.05. The third-order valence-electron chi connectivity index (χ3n) is 2.75. The molecule has 0 aliphatic carbocycles. The third kappa shape index (κ3) is 2.02. The van der Waals surface area contributed by atoms with Gasteiger partial charge in [0.1, 0.15) is 17.3 Å². The first-order valence-corrected chi connectivity index (χ1v) is 6.37. The first-order chi connectivity index (χ1) is 8.04. The van der Waals surface area contributed by atoms with E-state index in [1.54, 1.807) is 23.1 Å². The number of nitrogens with two attached hydrogens (primary N) is 1. The van der Waals surface area contributed by atoms with Gasteiger partial charge in [0, 0.05) is 24.1 Å². The molecule has 0 amide bonds. The number of rotatable bonds is 3. The topological polar surface area (TPSA) is 53.1 Å². The summed E-state index contributed by atoms with van der Waals surface area (Å²) in [6.07, 6.45) is 0. The number of thiophene rings is 1. The second-order valence-corrected chi connectivity index (χ2v) is 5.19. The normalized spacial score (nSPS) is 11.1. The number of ether oxygens (including phenoxy) is 1. The Balaban J connectivity index is 2.54. The van der Waals surface area contributed by atoms with Gasteiger partial charge in [0.25, 0.3) is 0 Å². The first kappa shape index (κ1) is 12.0. The molecule has 2 heterocycles. The Kier molecular flexibility index (Phi) is 3.11. The van der Waals surface area contributed by atoms with Crippen molar-refractivity contribution < 1.29 is 4.74 Å². The Morgan fingerprint density at radius 1 is 1.47 bits per heavy atom. The second-order valence-electron chi connectivity index (χ2n) is 4.28. The molecule has 0 radical (unpaired) electrons. The van der Waals surface area contributed by atoms with Crippen LogP contribution in [0.25, 0.3) is 10.6 Å². The van der Waals surface area contributed by atoms with Crippen molar-refractivity contribution in [2.45, 2.75) is 19.8 Å². The summed E-state index contributed by atoms with van der Waals surface area (Å²) in [4.78, 5) is 1.10. The first-order valence-electron chi connectivity index (χ1n) is 5.49. The summed E-state index contributed by atoms with van der Waals surface area (Å²) in [5.74, 6) is 1.96. The number of methoxy groups -OCH3 is 1. The summed E-state index contributed by atoms with van der Waals surface area (Å²) in [5, 5.41) is 6.47. The molecule has 5 heteroatoms. The lowest BCUT2D eigenvalue weighted by Crippen LogP contribution is -2.00. The summed E-state index contributed by atoms with van der Waals surface area (Å²) in [7, 11) is 3.54. The van der Waals surface area contributed by atoms with E-state index in [0.717, 1.165) is 27.7 Å². The van der Waals surface area contributed by atoms with Gasteiger partial charge in [-0.1, -0.05) is 13.8 Å². The standard InChI is InChI=1S/C12H17N3OS/c1-7(2)10-11(14-15(3)12(10)13)9-5-8(16-4)6-17-9/h5-7H,13H2,1-4H3. The van der Waals surface area contributed by atoms with Crippen LogP contribution in [0.15, 0.2) is 11.4 Å². The van der Waals surface area contributed by atoms with Gasteiger partial charge in [-0.25, -0.2) is 0 Å². The molecule has 2 aromatic rings. The highest BCUT2D eigenvalue weighted by Gasteiger charge is 2.19. The molecule has 0 saturated carbocycles. The fourth-order valence-corrected chi connectivity index (χ4v) is 2.71. The average molecular weight is 251 g/mol. The average Bonchev–Trinajstić information content (AvgIpc) is 2.84. The zero-order chi connectivity index (χ0) is 12.6. The van der Waals surface area contributed by atoms with Crippen molar-refractivity contribution >= 4 is 17.2 Å². The SMILES string of the molecule is COc1csc(-c2nn(C)c(N)c2C(C)C)c1. The summed E-state index contributed by atoms with van der Waals surface area (Å²) >= 11 is 1.62. The molecule has 0 saturated heterocycles. The number of aromatic nitrogens is 2. The van der Waals surface area contributed by atoms with Crippen LogP contribution in [-0.4, -0.2) is 16.9 Å². The van der Waals surface area contributed by atoms with E-state index in [1.165, 1.54) is 0 Å². The zero-order valence-electron chi connectivity index (χ0n) is 10.5. The van der Waals surface area contributed by atoms with Crippen molar-refractivity contribution in [3.63, 3.8) is 0 Å². The number of anilines is 1. The van der Waals surface area contributed by atoms with Crippen LogP contribution in [0, 0.1) is 0 Å². The highest BCUT2D eigenvalue weighted by atomic mass is 32.1. The molecule has 4 nitrogen and oxygen atoms in total.